The fourth-order valence-corrected chi connectivity index (χ4v) is 3.04. The number of anilines is 1. The summed E-state index contributed by atoms with van der Waals surface area (Å²) in [6, 6.07) is -0.446. The second-order valence-corrected chi connectivity index (χ2v) is 5.67. The molecule has 2 fully saturated rings. The first kappa shape index (κ1) is 14.0. The molecule has 9 heteroatoms. The van der Waals surface area contributed by atoms with Crippen molar-refractivity contribution in [1.29, 1.82) is 0 Å². The van der Waals surface area contributed by atoms with Gasteiger partial charge in [-0.15, -0.1) is 0 Å². The lowest BCUT2D eigenvalue weighted by molar-refractivity contribution is 0.130. The van der Waals surface area contributed by atoms with Crippen LogP contribution in [0.4, 0.5) is 19.0 Å². The first-order valence-electron chi connectivity index (χ1n) is 6.73. The molecule has 1 aliphatic heterocycles. The monoisotopic (exact) mass is 330 g/mol. The van der Waals surface area contributed by atoms with E-state index in [4.69, 9.17) is 16.3 Å². The zero-order valence-electron chi connectivity index (χ0n) is 11.1. The van der Waals surface area contributed by atoms with Gasteiger partial charge >= 0.3 is 6.08 Å². The molecule has 0 N–H and O–H groups in total. The minimum Gasteiger partial charge on any atom is -0.379 e. The zero-order chi connectivity index (χ0) is 15.4. The zero-order valence-corrected chi connectivity index (χ0v) is 11.9. The summed E-state index contributed by atoms with van der Waals surface area (Å²) in [6.45, 7) is 1.000. The minimum atomic E-state index is -1.10. The Morgan fingerprint density at radius 2 is 2.14 bits per heavy atom. The van der Waals surface area contributed by atoms with Gasteiger partial charge in [-0.2, -0.15) is 14.4 Å². The van der Waals surface area contributed by atoms with Gasteiger partial charge in [0, 0.05) is 18.7 Å². The first-order chi connectivity index (χ1) is 10.6. The summed E-state index contributed by atoms with van der Waals surface area (Å²) >= 11 is 5.60. The summed E-state index contributed by atoms with van der Waals surface area (Å²) in [5.41, 5.74) is -0.264. The summed E-state index contributed by atoms with van der Waals surface area (Å²) in [5, 5.41) is -0.202. The molecule has 3 heterocycles. The average molecular weight is 331 g/mol. The van der Waals surface area contributed by atoms with E-state index in [9.17, 15) is 13.2 Å². The summed E-state index contributed by atoms with van der Waals surface area (Å²) in [4.78, 5) is 12.5. The number of pyridine rings is 1. The highest BCUT2D eigenvalue weighted by Crippen LogP contribution is 2.44. The molecule has 0 bridgehead atoms. The van der Waals surface area contributed by atoms with Gasteiger partial charge in [0.15, 0.2) is 11.0 Å². The highest BCUT2D eigenvalue weighted by atomic mass is 35.5. The summed E-state index contributed by atoms with van der Waals surface area (Å²) < 4.78 is 46.9. The Morgan fingerprint density at radius 1 is 1.32 bits per heavy atom. The molecule has 1 saturated heterocycles. The molecule has 1 saturated carbocycles. The van der Waals surface area contributed by atoms with Gasteiger partial charge in [0.1, 0.15) is 17.5 Å². The van der Waals surface area contributed by atoms with Gasteiger partial charge in [-0.1, -0.05) is 11.6 Å². The summed E-state index contributed by atoms with van der Waals surface area (Å²) in [7, 11) is 0. The SMILES string of the molecule is Fc1nc(N2CCOC[C@@H]3C2[C@H]3F)c2cnc(Cl)c(F)c2n1. The molecule has 0 aromatic carbocycles. The molecule has 22 heavy (non-hydrogen) atoms. The lowest BCUT2D eigenvalue weighted by Gasteiger charge is -2.23. The molecule has 3 atom stereocenters. The third kappa shape index (κ3) is 2.01. The number of hydrogen-bond acceptors (Lipinski definition) is 5. The average Bonchev–Trinajstić information content (AvgIpc) is 3.18. The molecule has 0 radical (unpaired) electrons. The first-order valence-corrected chi connectivity index (χ1v) is 7.11. The van der Waals surface area contributed by atoms with E-state index in [2.05, 4.69) is 15.0 Å². The molecule has 0 spiro atoms. The fourth-order valence-electron chi connectivity index (χ4n) is 2.90. The van der Waals surface area contributed by atoms with Crippen LogP contribution in [0.15, 0.2) is 6.20 Å². The van der Waals surface area contributed by atoms with Crippen LogP contribution in [0, 0.1) is 17.8 Å². The Labute approximate surface area is 128 Å². The number of nitrogens with zero attached hydrogens (tertiary/aromatic N) is 4. The molecule has 0 amide bonds. The van der Waals surface area contributed by atoms with E-state index in [1.807, 2.05) is 0 Å². The van der Waals surface area contributed by atoms with Gasteiger partial charge in [-0.3, -0.25) is 0 Å². The van der Waals surface area contributed by atoms with Crippen molar-refractivity contribution in [2.45, 2.75) is 12.2 Å². The highest BCUT2D eigenvalue weighted by Gasteiger charge is 2.56. The topological polar surface area (TPSA) is 51.1 Å². The van der Waals surface area contributed by atoms with Crippen molar-refractivity contribution < 1.29 is 17.9 Å². The van der Waals surface area contributed by atoms with Crippen molar-refractivity contribution in [3.05, 3.63) is 23.2 Å². The number of aromatic nitrogens is 3. The molecule has 1 unspecified atom stereocenters. The van der Waals surface area contributed by atoms with Gasteiger partial charge in [-0.05, 0) is 0 Å². The van der Waals surface area contributed by atoms with Gasteiger partial charge in [-0.25, -0.2) is 13.8 Å². The molecular weight excluding hydrogens is 321 g/mol. The molecule has 2 aromatic rings. The quantitative estimate of drug-likeness (QED) is 0.592. The molecule has 2 aliphatic rings. The van der Waals surface area contributed by atoms with E-state index in [-0.39, 0.29) is 22.6 Å². The Kier molecular flexibility index (Phi) is 3.12. The molecule has 4 rings (SSSR count). The lowest BCUT2D eigenvalue weighted by atomic mass is 10.2. The number of hydrogen-bond donors (Lipinski definition) is 0. The fraction of sp³-hybridized carbons (Fsp3) is 0.462. The number of rotatable bonds is 1. The Bertz CT molecular complexity index is 762. The third-order valence-electron chi connectivity index (χ3n) is 4.05. The summed E-state index contributed by atoms with van der Waals surface area (Å²) in [5.74, 6) is -1.08. The standard InChI is InChI=1S/C13H10ClF3N4O/c14-11-8(16)9-5(3-18-11)12(20-13(17)19-9)21-1-2-22-4-6-7(15)10(6)21/h3,6-7,10H,1-2,4H2/t6-,7-,10?/m0/s1. The van der Waals surface area contributed by atoms with Crippen molar-refractivity contribution in [2.24, 2.45) is 5.92 Å². The second kappa shape index (κ2) is 4.92. The predicted octanol–water partition coefficient (Wildman–Crippen LogP) is 2.13. The maximum atomic E-state index is 14.0. The molecule has 1 aliphatic carbocycles. The van der Waals surface area contributed by atoms with Crippen molar-refractivity contribution in [3.63, 3.8) is 0 Å². The van der Waals surface area contributed by atoms with E-state index in [0.717, 1.165) is 0 Å². The van der Waals surface area contributed by atoms with Crippen LogP contribution in [0.3, 0.4) is 0 Å². The maximum absolute atomic E-state index is 14.0. The van der Waals surface area contributed by atoms with Crippen molar-refractivity contribution >= 4 is 28.3 Å². The van der Waals surface area contributed by atoms with Crippen LogP contribution in [-0.2, 0) is 4.74 Å². The van der Waals surface area contributed by atoms with Crippen molar-refractivity contribution in [2.75, 3.05) is 24.7 Å². The summed E-state index contributed by atoms with van der Waals surface area (Å²) in [6.07, 6.45) is -0.897. The number of alkyl halides is 1. The maximum Gasteiger partial charge on any atom is 0.311 e. The number of halogens is 4. The van der Waals surface area contributed by atoms with Crippen molar-refractivity contribution in [1.82, 2.24) is 15.0 Å². The Hall–Kier alpha value is -1.67. The van der Waals surface area contributed by atoms with E-state index in [1.54, 1.807) is 4.90 Å². The molecule has 2 aromatic heterocycles. The van der Waals surface area contributed by atoms with Crippen LogP contribution in [-0.4, -0.2) is 46.9 Å². The van der Waals surface area contributed by atoms with E-state index in [0.29, 0.717) is 19.8 Å². The Balaban J connectivity index is 1.89. The lowest BCUT2D eigenvalue weighted by Crippen LogP contribution is -2.31. The molecule has 116 valence electrons. The van der Waals surface area contributed by atoms with Crippen LogP contribution in [0.25, 0.3) is 10.9 Å². The molecular formula is C13H10ClF3N4O. The van der Waals surface area contributed by atoms with E-state index >= 15 is 0 Å². The number of fused-ring (bicyclic) bond motifs is 2. The van der Waals surface area contributed by atoms with Crippen LogP contribution in [0.1, 0.15) is 0 Å². The number of ether oxygens (including phenoxy) is 1. The molecule has 5 nitrogen and oxygen atoms in total. The Morgan fingerprint density at radius 3 is 2.95 bits per heavy atom. The largest absolute Gasteiger partial charge is 0.379 e. The van der Waals surface area contributed by atoms with Crippen LogP contribution in [0.2, 0.25) is 5.15 Å². The minimum absolute atomic E-state index is 0.117. The van der Waals surface area contributed by atoms with Gasteiger partial charge in [0.05, 0.1) is 24.6 Å². The third-order valence-corrected chi connectivity index (χ3v) is 4.31. The van der Waals surface area contributed by atoms with Gasteiger partial charge in [0.2, 0.25) is 0 Å². The smallest absolute Gasteiger partial charge is 0.311 e. The second-order valence-electron chi connectivity index (χ2n) is 5.31. The van der Waals surface area contributed by atoms with Crippen LogP contribution in [0.5, 0.6) is 0 Å². The van der Waals surface area contributed by atoms with E-state index in [1.165, 1.54) is 6.20 Å². The van der Waals surface area contributed by atoms with Crippen LogP contribution < -0.4 is 4.90 Å². The predicted molar refractivity (Wildman–Crippen MR) is 72.6 cm³/mol. The van der Waals surface area contributed by atoms with E-state index < -0.39 is 29.3 Å². The van der Waals surface area contributed by atoms with Crippen LogP contribution >= 0.6 is 11.6 Å². The highest BCUT2D eigenvalue weighted by molar-refractivity contribution is 6.30. The normalized spacial score (nSPS) is 27.6. The van der Waals surface area contributed by atoms with Gasteiger partial charge < -0.3 is 9.64 Å². The van der Waals surface area contributed by atoms with Crippen molar-refractivity contribution in [3.8, 4) is 0 Å². The van der Waals surface area contributed by atoms with Gasteiger partial charge in [0.25, 0.3) is 0 Å².